The predicted molar refractivity (Wildman–Crippen MR) is 93.0 cm³/mol. The van der Waals surface area contributed by atoms with E-state index in [1.165, 1.54) is 11.1 Å². The molecule has 0 bridgehead atoms. The molecule has 0 atom stereocenters. The Bertz CT molecular complexity index is 703. The summed E-state index contributed by atoms with van der Waals surface area (Å²) >= 11 is 0. The normalized spacial score (nSPS) is 12.3. The SMILES string of the molecule is COc1cccc(CN(C)C(=O)c2ccc3c(c2)CNC3)c1.Cl. The Kier molecular flexibility index (Phi) is 5.64. The number of benzene rings is 2. The topological polar surface area (TPSA) is 41.6 Å². The maximum Gasteiger partial charge on any atom is 0.253 e. The molecular weight excluding hydrogens is 312 g/mol. The van der Waals surface area contributed by atoms with Crippen molar-refractivity contribution in [2.45, 2.75) is 19.6 Å². The van der Waals surface area contributed by atoms with Crippen molar-refractivity contribution in [3.8, 4) is 5.75 Å². The lowest BCUT2D eigenvalue weighted by atomic mass is 10.1. The molecule has 23 heavy (non-hydrogen) atoms. The fourth-order valence-corrected chi connectivity index (χ4v) is 2.76. The van der Waals surface area contributed by atoms with Crippen LogP contribution < -0.4 is 10.1 Å². The van der Waals surface area contributed by atoms with Crippen LogP contribution in [0.15, 0.2) is 42.5 Å². The van der Waals surface area contributed by atoms with E-state index in [0.29, 0.717) is 6.54 Å². The van der Waals surface area contributed by atoms with Crippen molar-refractivity contribution in [3.05, 3.63) is 64.7 Å². The van der Waals surface area contributed by atoms with Crippen LogP contribution in [0.25, 0.3) is 0 Å². The number of methoxy groups -OCH3 is 1. The lowest BCUT2D eigenvalue weighted by Gasteiger charge is -2.18. The van der Waals surface area contributed by atoms with Gasteiger partial charge in [0.1, 0.15) is 5.75 Å². The van der Waals surface area contributed by atoms with E-state index in [-0.39, 0.29) is 18.3 Å². The minimum atomic E-state index is 0. The molecule has 3 rings (SSSR count). The van der Waals surface area contributed by atoms with Gasteiger partial charge >= 0.3 is 0 Å². The summed E-state index contributed by atoms with van der Waals surface area (Å²) in [5.74, 6) is 0.847. The second-order valence-electron chi connectivity index (χ2n) is 5.60. The van der Waals surface area contributed by atoms with E-state index >= 15 is 0 Å². The standard InChI is InChI=1S/C18H20N2O2.ClH/c1-20(12-13-4-3-5-17(8-13)22-2)18(21)14-6-7-15-10-19-11-16(15)9-14;/h3-9,19H,10-12H2,1-2H3;1H. The zero-order valence-electron chi connectivity index (χ0n) is 13.3. The third-order valence-electron chi connectivity index (χ3n) is 3.98. The monoisotopic (exact) mass is 332 g/mol. The summed E-state index contributed by atoms with van der Waals surface area (Å²) in [6.07, 6.45) is 0. The number of nitrogens with one attached hydrogen (secondary N) is 1. The third-order valence-corrected chi connectivity index (χ3v) is 3.98. The Labute approximate surface area is 142 Å². The maximum absolute atomic E-state index is 12.6. The molecule has 1 N–H and O–H groups in total. The summed E-state index contributed by atoms with van der Waals surface area (Å²) in [5.41, 5.74) is 4.30. The lowest BCUT2D eigenvalue weighted by molar-refractivity contribution is 0.0785. The predicted octanol–water partition coefficient (Wildman–Crippen LogP) is 2.99. The van der Waals surface area contributed by atoms with Gasteiger partial charge in [-0.15, -0.1) is 12.4 Å². The molecule has 1 aliphatic heterocycles. The van der Waals surface area contributed by atoms with Gasteiger partial charge in [-0.2, -0.15) is 0 Å². The van der Waals surface area contributed by atoms with Crippen LogP contribution in [-0.4, -0.2) is 25.0 Å². The van der Waals surface area contributed by atoms with Gasteiger partial charge in [0.25, 0.3) is 5.91 Å². The molecule has 0 aliphatic carbocycles. The van der Waals surface area contributed by atoms with Crippen LogP contribution in [0.2, 0.25) is 0 Å². The molecule has 0 spiro atoms. The minimum absolute atomic E-state index is 0. The Morgan fingerprint density at radius 1 is 1.17 bits per heavy atom. The minimum Gasteiger partial charge on any atom is -0.497 e. The number of fused-ring (bicyclic) bond motifs is 1. The highest BCUT2D eigenvalue weighted by Gasteiger charge is 2.16. The van der Waals surface area contributed by atoms with Crippen LogP contribution in [0.3, 0.4) is 0 Å². The molecule has 1 heterocycles. The Balaban J connectivity index is 0.00000192. The maximum atomic E-state index is 12.6. The summed E-state index contributed by atoms with van der Waals surface area (Å²) < 4.78 is 5.22. The third kappa shape index (κ3) is 3.84. The van der Waals surface area contributed by atoms with Gasteiger partial charge in [-0.05, 0) is 41.0 Å². The largest absolute Gasteiger partial charge is 0.497 e. The Hall–Kier alpha value is -2.04. The van der Waals surface area contributed by atoms with Gasteiger partial charge in [-0.25, -0.2) is 0 Å². The van der Waals surface area contributed by atoms with E-state index in [1.54, 1.807) is 12.0 Å². The van der Waals surface area contributed by atoms with E-state index in [9.17, 15) is 4.79 Å². The van der Waals surface area contributed by atoms with Crippen LogP contribution in [0.4, 0.5) is 0 Å². The number of nitrogens with zero attached hydrogens (tertiary/aromatic N) is 1. The first kappa shape index (κ1) is 17.3. The van der Waals surface area contributed by atoms with Crippen molar-refractivity contribution in [1.29, 1.82) is 0 Å². The van der Waals surface area contributed by atoms with E-state index in [1.807, 2.05) is 49.5 Å². The number of hydrogen-bond donors (Lipinski definition) is 1. The number of carbonyl (C=O) groups is 1. The van der Waals surface area contributed by atoms with Crippen LogP contribution in [-0.2, 0) is 19.6 Å². The van der Waals surface area contributed by atoms with Crippen molar-refractivity contribution in [1.82, 2.24) is 10.2 Å². The Morgan fingerprint density at radius 3 is 2.74 bits per heavy atom. The Morgan fingerprint density at radius 2 is 1.96 bits per heavy atom. The highest BCUT2D eigenvalue weighted by molar-refractivity contribution is 5.94. The molecule has 2 aromatic carbocycles. The van der Waals surface area contributed by atoms with Gasteiger partial charge < -0.3 is 15.0 Å². The summed E-state index contributed by atoms with van der Waals surface area (Å²) in [6.45, 7) is 2.30. The number of rotatable bonds is 4. The number of carbonyl (C=O) groups excluding carboxylic acids is 1. The van der Waals surface area contributed by atoms with Gasteiger partial charge in [-0.3, -0.25) is 4.79 Å². The van der Waals surface area contributed by atoms with Crippen LogP contribution in [0.5, 0.6) is 5.75 Å². The van der Waals surface area contributed by atoms with E-state index in [2.05, 4.69) is 5.32 Å². The summed E-state index contributed by atoms with van der Waals surface area (Å²) in [4.78, 5) is 14.3. The van der Waals surface area contributed by atoms with Crippen LogP contribution in [0, 0.1) is 0 Å². The molecule has 1 aliphatic rings. The zero-order chi connectivity index (χ0) is 15.5. The number of amides is 1. The van der Waals surface area contributed by atoms with Crippen molar-refractivity contribution in [2.24, 2.45) is 0 Å². The fourth-order valence-electron chi connectivity index (χ4n) is 2.76. The molecule has 0 radical (unpaired) electrons. The molecule has 0 saturated carbocycles. The zero-order valence-corrected chi connectivity index (χ0v) is 14.2. The number of ether oxygens (including phenoxy) is 1. The van der Waals surface area contributed by atoms with E-state index in [4.69, 9.17) is 4.74 Å². The van der Waals surface area contributed by atoms with Crippen LogP contribution >= 0.6 is 12.4 Å². The molecule has 1 amide bonds. The van der Waals surface area contributed by atoms with Crippen molar-refractivity contribution in [2.75, 3.05) is 14.2 Å². The number of hydrogen-bond acceptors (Lipinski definition) is 3. The van der Waals surface area contributed by atoms with Gasteiger partial charge in [0.2, 0.25) is 0 Å². The average molecular weight is 333 g/mol. The molecule has 5 heteroatoms. The molecule has 0 unspecified atom stereocenters. The first-order chi connectivity index (χ1) is 10.7. The van der Waals surface area contributed by atoms with E-state index in [0.717, 1.165) is 30.0 Å². The van der Waals surface area contributed by atoms with Crippen molar-refractivity contribution in [3.63, 3.8) is 0 Å². The molecule has 0 saturated heterocycles. The van der Waals surface area contributed by atoms with Crippen molar-refractivity contribution < 1.29 is 9.53 Å². The molecule has 4 nitrogen and oxygen atoms in total. The highest BCUT2D eigenvalue weighted by Crippen LogP contribution is 2.19. The molecule has 0 aromatic heterocycles. The molecular formula is C18H21ClN2O2. The first-order valence-corrected chi connectivity index (χ1v) is 7.38. The average Bonchev–Trinajstić information content (AvgIpc) is 3.01. The number of halogens is 1. The lowest BCUT2D eigenvalue weighted by Crippen LogP contribution is -2.26. The molecule has 0 fully saturated rings. The van der Waals surface area contributed by atoms with Gasteiger partial charge in [-0.1, -0.05) is 18.2 Å². The summed E-state index contributed by atoms with van der Waals surface area (Å²) in [5, 5.41) is 3.30. The first-order valence-electron chi connectivity index (χ1n) is 7.38. The van der Waals surface area contributed by atoms with Crippen molar-refractivity contribution >= 4 is 18.3 Å². The summed E-state index contributed by atoms with van der Waals surface area (Å²) in [6, 6.07) is 13.7. The van der Waals surface area contributed by atoms with Gasteiger partial charge in [0, 0.05) is 32.2 Å². The highest BCUT2D eigenvalue weighted by atomic mass is 35.5. The molecule has 122 valence electrons. The van der Waals surface area contributed by atoms with Gasteiger partial charge in [0.15, 0.2) is 0 Å². The molecule has 2 aromatic rings. The van der Waals surface area contributed by atoms with Crippen LogP contribution in [0.1, 0.15) is 27.0 Å². The summed E-state index contributed by atoms with van der Waals surface area (Å²) in [7, 11) is 3.47. The van der Waals surface area contributed by atoms with Gasteiger partial charge in [0.05, 0.1) is 7.11 Å². The second-order valence-corrected chi connectivity index (χ2v) is 5.60. The quantitative estimate of drug-likeness (QED) is 0.935. The second kappa shape index (κ2) is 7.49. The smallest absolute Gasteiger partial charge is 0.253 e. The van der Waals surface area contributed by atoms with E-state index < -0.39 is 0 Å². The fraction of sp³-hybridized carbons (Fsp3) is 0.278.